The van der Waals surface area contributed by atoms with Crippen LogP contribution in [0, 0.1) is 0 Å². The Hall–Kier alpha value is -3.19. The second-order valence-electron chi connectivity index (χ2n) is 7.33. The summed E-state index contributed by atoms with van der Waals surface area (Å²) in [7, 11) is 0. The van der Waals surface area contributed by atoms with Gasteiger partial charge in [-0.05, 0) is 48.4 Å². The topological polar surface area (TPSA) is 101 Å². The van der Waals surface area contributed by atoms with E-state index in [2.05, 4.69) is 21.9 Å². The third kappa shape index (κ3) is 12.0. The van der Waals surface area contributed by atoms with Crippen molar-refractivity contribution in [3.05, 3.63) is 59.1 Å². The Morgan fingerprint density at radius 1 is 0.778 bits per heavy atom. The summed E-state index contributed by atoms with van der Waals surface area (Å²) in [6, 6.07) is 15.6. The quantitative estimate of drug-likeness (QED) is 0.481. The average molecular weight is 545 g/mol. The van der Waals surface area contributed by atoms with E-state index in [1.807, 2.05) is 24.3 Å². The zero-order chi connectivity index (χ0) is 27.5. The van der Waals surface area contributed by atoms with Crippen molar-refractivity contribution in [3.8, 4) is 5.75 Å². The number of anilines is 1. The maximum absolute atomic E-state index is 10.6. The lowest BCUT2D eigenvalue weighted by atomic mass is 10.1. The third-order valence-electron chi connectivity index (χ3n) is 4.70. The van der Waals surface area contributed by atoms with E-state index >= 15 is 0 Å². The average Bonchev–Trinajstić information content (AvgIpc) is 2.79. The predicted octanol–water partition coefficient (Wildman–Crippen LogP) is 4.68. The maximum Gasteiger partial charge on any atom is 0.490 e. The molecule has 0 aromatic heterocycles. The summed E-state index contributed by atoms with van der Waals surface area (Å²) in [5, 5.41) is 24.4. The highest BCUT2D eigenvalue weighted by Gasteiger charge is 2.38. The molecule has 3 rings (SSSR count). The van der Waals surface area contributed by atoms with Crippen molar-refractivity contribution >= 4 is 29.2 Å². The third-order valence-corrected chi connectivity index (χ3v) is 4.95. The summed E-state index contributed by atoms with van der Waals surface area (Å²) >= 11 is 5.91. The first-order valence-electron chi connectivity index (χ1n) is 10.2. The molecule has 0 unspecified atom stereocenters. The number of carboxylic acids is 2. The molecule has 1 aliphatic heterocycles. The number of piperazine rings is 1. The van der Waals surface area contributed by atoms with Gasteiger partial charge in [0.25, 0.3) is 0 Å². The molecule has 7 nitrogen and oxygen atoms in total. The molecule has 36 heavy (non-hydrogen) atoms. The number of hydrogen-bond donors (Lipinski definition) is 3. The van der Waals surface area contributed by atoms with Crippen LogP contribution in [-0.4, -0.2) is 77.2 Å². The molecule has 0 spiro atoms. The van der Waals surface area contributed by atoms with Gasteiger partial charge in [0.15, 0.2) is 0 Å². The SMILES string of the molecule is O=C(O)C(F)(F)F.O=C(O)C(F)(F)F.Oc1ccc(N2CCN(CCc3ccc(Cl)cc3)CC2)cc1. The van der Waals surface area contributed by atoms with Crippen molar-refractivity contribution in [1.29, 1.82) is 0 Å². The van der Waals surface area contributed by atoms with Gasteiger partial charge >= 0.3 is 24.3 Å². The largest absolute Gasteiger partial charge is 0.508 e. The van der Waals surface area contributed by atoms with Crippen LogP contribution < -0.4 is 4.90 Å². The second kappa shape index (κ2) is 13.8. The molecule has 0 amide bonds. The number of benzene rings is 2. The van der Waals surface area contributed by atoms with Crippen molar-refractivity contribution in [2.24, 2.45) is 0 Å². The molecular formula is C22H23ClF6N2O5. The van der Waals surface area contributed by atoms with E-state index in [0.29, 0.717) is 5.75 Å². The van der Waals surface area contributed by atoms with Crippen LogP contribution in [0.1, 0.15) is 5.56 Å². The van der Waals surface area contributed by atoms with Gasteiger partial charge in [-0.3, -0.25) is 4.90 Å². The first kappa shape index (κ1) is 30.8. The molecule has 200 valence electrons. The molecule has 0 atom stereocenters. The second-order valence-corrected chi connectivity index (χ2v) is 7.76. The van der Waals surface area contributed by atoms with Crippen LogP contribution in [0.4, 0.5) is 32.0 Å². The van der Waals surface area contributed by atoms with Gasteiger partial charge < -0.3 is 20.2 Å². The molecule has 1 fully saturated rings. The molecule has 1 aliphatic rings. The van der Waals surface area contributed by atoms with Crippen LogP contribution in [0.2, 0.25) is 5.02 Å². The number of rotatable bonds is 4. The van der Waals surface area contributed by atoms with Gasteiger partial charge in [0.2, 0.25) is 0 Å². The number of alkyl halides is 6. The Labute approximate surface area is 207 Å². The van der Waals surface area contributed by atoms with Crippen LogP contribution in [0.3, 0.4) is 0 Å². The standard InChI is InChI=1S/C18H21ClN2O.2C2HF3O2/c19-16-3-1-15(2-4-16)9-10-20-11-13-21(14-12-20)17-5-7-18(22)8-6-17;2*3-2(4,5)1(6)7/h1-8,22H,9-14H2;2*(H,6,7). The number of halogens is 7. The Morgan fingerprint density at radius 3 is 1.58 bits per heavy atom. The number of phenols is 1. The minimum absolute atomic E-state index is 0.324. The van der Waals surface area contributed by atoms with Gasteiger partial charge in [-0.2, -0.15) is 26.3 Å². The Balaban J connectivity index is 0.000000383. The summed E-state index contributed by atoms with van der Waals surface area (Å²) in [5.74, 6) is -5.19. The lowest BCUT2D eigenvalue weighted by molar-refractivity contribution is -0.193. The highest BCUT2D eigenvalue weighted by Crippen LogP contribution is 2.20. The highest BCUT2D eigenvalue weighted by molar-refractivity contribution is 6.30. The summed E-state index contributed by atoms with van der Waals surface area (Å²) in [6.07, 6.45) is -9.10. The monoisotopic (exact) mass is 544 g/mol. The van der Waals surface area contributed by atoms with Crippen LogP contribution >= 0.6 is 11.6 Å². The fourth-order valence-electron chi connectivity index (χ4n) is 2.83. The van der Waals surface area contributed by atoms with Gasteiger partial charge in [0.1, 0.15) is 5.75 Å². The zero-order valence-electron chi connectivity index (χ0n) is 18.6. The minimum atomic E-state index is -5.08. The van der Waals surface area contributed by atoms with Crippen LogP contribution in [0.25, 0.3) is 0 Å². The molecule has 14 heteroatoms. The molecule has 1 saturated heterocycles. The summed E-state index contributed by atoms with van der Waals surface area (Å²) in [6.45, 7) is 5.31. The van der Waals surface area contributed by atoms with Crippen molar-refractivity contribution in [3.63, 3.8) is 0 Å². The molecule has 0 aliphatic carbocycles. The van der Waals surface area contributed by atoms with Crippen molar-refractivity contribution in [2.75, 3.05) is 37.6 Å². The van der Waals surface area contributed by atoms with Crippen LogP contribution in [0.15, 0.2) is 48.5 Å². The van der Waals surface area contributed by atoms with Crippen molar-refractivity contribution in [1.82, 2.24) is 4.90 Å². The van der Waals surface area contributed by atoms with Gasteiger partial charge in [-0.15, -0.1) is 0 Å². The Morgan fingerprint density at radius 2 is 1.19 bits per heavy atom. The molecular weight excluding hydrogens is 522 g/mol. The highest BCUT2D eigenvalue weighted by atomic mass is 35.5. The lowest BCUT2D eigenvalue weighted by Gasteiger charge is -2.36. The van der Waals surface area contributed by atoms with Gasteiger partial charge in [-0.1, -0.05) is 23.7 Å². The van der Waals surface area contributed by atoms with E-state index in [0.717, 1.165) is 44.2 Å². The molecule has 2 aromatic carbocycles. The van der Waals surface area contributed by atoms with E-state index in [1.165, 1.54) is 11.3 Å². The zero-order valence-corrected chi connectivity index (χ0v) is 19.3. The number of carboxylic acid groups (broad SMARTS) is 2. The number of phenolic OH excluding ortho intramolecular Hbond substituents is 1. The predicted molar refractivity (Wildman–Crippen MR) is 119 cm³/mol. The molecule has 0 saturated carbocycles. The smallest absolute Gasteiger partial charge is 0.490 e. The van der Waals surface area contributed by atoms with E-state index in [4.69, 9.17) is 31.4 Å². The van der Waals surface area contributed by atoms with Crippen LogP contribution in [-0.2, 0) is 16.0 Å². The van der Waals surface area contributed by atoms with E-state index in [1.54, 1.807) is 12.1 Å². The van der Waals surface area contributed by atoms with Crippen molar-refractivity contribution < 1.29 is 51.3 Å². The number of nitrogens with zero attached hydrogens (tertiary/aromatic N) is 2. The first-order chi connectivity index (χ1) is 16.6. The Kier molecular flexibility index (Phi) is 11.8. The number of carbonyl (C=O) groups is 2. The van der Waals surface area contributed by atoms with E-state index < -0.39 is 24.3 Å². The molecule has 3 N–H and O–H groups in total. The van der Waals surface area contributed by atoms with Gasteiger partial charge in [-0.25, -0.2) is 9.59 Å². The molecule has 0 bridgehead atoms. The fourth-order valence-corrected chi connectivity index (χ4v) is 2.96. The van der Waals surface area contributed by atoms with Gasteiger partial charge in [0.05, 0.1) is 0 Å². The molecule has 0 radical (unpaired) electrons. The number of aromatic hydroxyl groups is 1. The van der Waals surface area contributed by atoms with E-state index in [-0.39, 0.29) is 0 Å². The summed E-state index contributed by atoms with van der Waals surface area (Å²) in [4.78, 5) is 22.7. The molecule has 2 aromatic rings. The summed E-state index contributed by atoms with van der Waals surface area (Å²) in [5.41, 5.74) is 2.53. The van der Waals surface area contributed by atoms with Gasteiger partial charge in [0, 0.05) is 43.4 Å². The molecule has 1 heterocycles. The minimum Gasteiger partial charge on any atom is -0.508 e. The fraction of sp³-hybridized carbons (Fsp3) is 0.364. The lowest BCUT2D eigenvalue weighted by Crippen LogP contribution is -2.46. The Bertz CT molecular complexity index is 937. The first-order valence-corrected chi connectivity index (χ1v) is 10.6. The van der Waals surface area contributed by atoms with Crippen molar-refractivity contribution in [2.45, 2.75) is 18.8 Å². The number of aliphatic carboxylic acids is 2. The summed E-state index contributed by atoms with van der Waals surface area (Å²) < 4.78 is 63.5. The maximum atomic E-state index is 10.6. The number of hydrogen-bond acceptors (Lipinski definition) is 5. The van der Waals surface area contributed by atoms with Crippen LogP contribution in [0.5, 0.6) is 5.75 Å². The normalized spacial score (nSPS) is 14.1. The van der Waals surface area contributed by atoms with E-state index in [9.17, 15) is 31.4 Å².